The largest absolute Gasteiger partial charge is 0.491 e. The predicted molar refractivity (Wildman–Crippen MR) is 93.9 cm³/mol. The maximum atomic E-state index is 14.2. The molecule has 0 amide bonds. The molecule has 0 radical (unpaired) electrons. The highest BCUT2D eigenvalue weighted by molar-refractivity contribution is 5.88. The summed E-state index contributed by atoms with van der Waals surface area (Å²) in [4.78, 5) is 24.0. The van der Waals surface area contributed by atoms with Crippen molar-refractivity contribution in [1.29, 1.82) is 0 Å². The summed E-state index contributed by atoms with van der Waals surface area (Å²) in [6.07, 6.45) is 1.64. The molecule has 1 aliphatic carbocycles. The molecule has 1 fully saturated rings. The van der Waals surface area contributed by atoms with Gasteiger partial charge in [-0.05, 0) is 30.7 Å². The number of esters is 2. The number of carbonyl (C=O) groups excluding carboxylic acids is 2. The first-order valence-corrected chi connectivity index (χ1v) is 8.62. The van der Waals surface area contributed by atoms with Crippen LogP contribution in [-0.2, 0) is 25.7 Å². The minimum Gasteiger partial charge on any atom is -0.491 e. The van der Waals surface area contributed by atoms with E-state index in [2.05, 4.69) is 9.47 Å². The molecule has 154 valence electrons. The molecule has 28 heavy (non-hydrogen) atoms. The minimum absolute atomic E-state index is 0.198. The second kappa shape index (κ2) is 7.85. The number of methoxy groups -OCH3 is 2. The number of ether oxygens (including phenoxy) is 3. The van der Waals surface area contributed by atoms with Crippen LogP contribution in [0.2, 0.25) is 0 Å². The fourth-order valence-electron chi connectivity index (χ4n) is 3.32. The van der Waals surface area contributed by atoms with Crippen LogP contribution in [0.5, 0.6) is 5.75 Å². The highest BCUT2D eigenvalue weighted by Gasteiger charge is 2.61. The van der Waals surface area contributed by atoms with Crippen LogP contribution in [0.3, 0.4) is 0 Å². The van der Waals surface area contributed by atoms with Crippen molar-refractivity contribution in [1.82, 2.24) is 0 Å². The lowest BCUT2D eigenvalue weighted by atomic mass is 10.1. The van der Waals surface area contributed by atoms with Crippen LogP contribution in [0.25, 0.3) is 0 Å². The summed E-state index contributed by atoms with van der Waals surface area (Å²) in [5.41, 5.74) is -0.704. The highest BCUT2D eigenvalue weighted by atomic mass is 19.2. The molecule has 0 aromatic heterocycles. The van der Waals surface area contributed by atoms with E-state index in [0.717, 1.165) is 7.11 Å². The molecule has 2 rings (SSSR count). The Bertz CT molecular complexity index is 816. The molecule has 5 nitrogen and oxygen atoms in total. The molecule has 0 N–H and O–H groups in total. The third-order valence-corrected chi connectivity index (χ3v) is 5.30. The summed E-state index contributed by atoms with van der Waals surface area (Å²) in [5.74, 6) is -6.64. The van der Waals surface area contributed by atoms with Crippen LogP contribution >= 0.6 is 0 Å². The lowest BCUT2D eigenvalue weighted by molar-refractivity contribution is -0.147. The number of hydrogen-bond acceptors (Lipinski definition) is 5. The molecule has 0 saturated heterocycles. The fraction of sp³-hybridized carbons (Fsp3) is 0.500. The zero-order valence-corrected chi connectivity index (χ0v) is 16.6. The Morgan fingerprint density at radius 3 is 2.25 bits per heavy atom. The van der Waals surface area contributed by atoms with Gasteiger partial charge in [0.15, 0.2) is 17.4 Å². The third kappa shape index (κ3) is 3.72. The van der Waals surface area contributed by atoms with Crippen molar-refractivity contribution in [3.63, 3.8) is 0 Å². The smallest absolute Gasteiger partial charge is 0.333 e. The van der Waals surface area contributed by atoms with E-state index in [9.17, 15) is 22.8 Å². The quantitative estimate of drug-likeness (QED) is 0.412. The van der Waals surface area contributed by atoms with Gasteiger partial charge in [-0.1, -0.05) is 19.9 Å². The molecule has 1 saturated carbocycles. The van der Waals surface area contributed by atoms with Crippen LogP contribution in [0, 0.1) is 41.6 Å². The van der Waals surface area contributed by atoms with E-state index < -0.39 is 53.1 Å². The average molecular weight is 400 g/mol. The SMILES string of the molecule is COC(=O)/C(C)=C/[C@@H]1[C@@H](C(=O)OCc2c(C)c(F)c(OC)c(F)c2F)C1(C)C. The van der Waals surface area contributed by atoms with Gasteiger partial charge in [0.1, 0.15) is 6.61 Å². The summed E-state index contributed by atoms with van der Waals surface area (Å²) in [6, 6.07) is 0. The topological polar surface area (TPSA) is 61.8 Å². The van der Waals surface area contributed by atoms with Crippen molar-refractivity contribution >= 4 is 11.9 Å². The molecule has 0 bridgehead atoms. The van der Waals surface area contributed by atoms with Gasteiger partial charge < -0.3 is 14.2 Å². The average Bonchev–Trinajstić information content (AvgIpc) is 3.19. The monoisotopic (exact) mass is 400 g/mol. The standard InChI is InChI=1S/C20H23F3O5/c1-9(18(24)27-6)7-12-13(20(12,3)4)19(25)28-8-11-10(2)14(21)17(26-5)16(23)15(11)22/h7,12-13H,8H2,1-6H3/b9-7+/t12-,13+/m1/s1. The van der Waals surface area contributed by atoms with Gasteiger partial charge in [-0.3, -0.25) is 4.79 Å². The first kappa shape index (κ1) is 21.8. The minimum atomic E-state index is -1.47. The molecule has 0 spiro atoms. The first-order chi connectivity index (χ1) is 13.0. The zero-order valence-electron chi connectivity index (χ0n) is 16.6. The Morgan fingerprint density at radius 1 is 1.11 bits per heavy atom. The Kier molecular flexibility index (Phi) is 6.11. The molecule has 0 unspecified atom stereocenters. The summed E-state index contributed by atoms with van der Waals surface area (Å²) in [5, 5.41) is 0. The Balaban J connectivity index is 2.17. The Hall–Kier alpha value is -2.51. The van der Waals surface area contributed by atoms with Gasteiger partial charge in [0.25, 0.3) is 0 Å². The molecule has 0 heterocycles. The van der Waals surface area contributed by atoms with Crippen LogP contribution in [-0.4, -0.2) is 26.2 Å². The number of benzene rings is 1. The van der Waals surface area contributed by atoms with Crippen molar-refractivity contribution in [2.75, 3.05) is 14.2 Å². The van der Waals surface area contributed by atoms with E-state index in [0.29, 0.717) is 5.57 Å². The van der Waals surface area contributed by atoms with Crippen molar-refractivity contribution in [2.45, 2.75) is 34.3 Å². The Morgan fingerprint density at radius 2 is 1.71 bits per heavy atom. The van der Waals surface area contributed by atoms with Crippen LogP contribution < -0.4 is 4.74 Å². The van der Waals surface area contributed by atoms with Crippen molar-refractivity contribution in [2.24, 2.45) is 17.3 Å². The van der Waals surface area contributed by atoms with Crippen LogP contribution in [0.1, 0.15) is 31.9 Å². The second-order valence-corrected chi connectivity index (χ2v) is 7.35. The van der Waals surface area contributed by atoms with Crippen molar-refractivity contribution < 1.29 is 37.0 Å². The fourth-order valence-corrected chi connectivity index (χ4v) is 3.32. The van der Waals surface area contributed by atoms with E-state index in [1.807, 2.05) is 13.8 Å². The van der Waals surface area contributed by atoms with E-state index >= 15 is 0 Å². The summed E-state index contributed by atoms with van der Waals surface area (Å²) < 4.78 is 56.5. The maximum Gasteiger partial charge on any atom is 0.333 e. The van der Waals surface area contributed by atoms with Gasteiger partial charge in [0, 0.05) is 11.1 Å². The van der Waals surface area contributed by atoms with E-state index in [1.54, 1.807) is 13.0 Å². The molecule has 2 atom stereocenters. The predicted octanol–water partition coefficient (Wildman–Crippen LogP) is 3.86. The van der Waals surface area contributed by atoms with Gasteiger partial charge in [-0.15, -0.1) is 0 Å². The highest BCUT2D eigenvalue weighted by Crippen LogP contribution is 2.60. The molecule has 1 aromatic rings. The van der Waals surface area contributed by atoms with Gasteiger partial charge in [-0.2, -0.15) is 4.39 Å². The first-order valence-electron chi connectivity index (χ1n) is 8.62. The molecule has 1 aromatic carbocycles. The van der Waals surface area contributed by atoms with E-state index in [4.69, 9.17) is 4.74 Å². The number of rotatable bonds is 6. The summed E-state index contributed by atoms with van der Waals surface area (Å²) in [6.45, 7) is 5.85. The molecule has 0 aliphatic heterocycles. The molecule has 1 aliphatic rings. The Labute approximate surface area is 161 Å². The van der Waals surface area contributed by atoms with Gasteiger partial charge in [0.2, 0.25) is 5.82 Å². The van der Waals surface area contributed by atoms with Crippen molar-refractivity contribution in [3.8, 4) is 5.75 Å². The lowest BCUT2D eigenvalue weighted by Crippen LogP contribution is -2.13. The zero-order chi connectivity index (χ0) is 21.4. The summed E-state index contributed by atoms with van der Waals surface area (Å²) in [7, 11) is 2.28. The molecule has 8 heteroatoms. The molecular weight excluding hydrogens is 377 g/mol. The molecular formula is C20H23F3O5. The number of halogens is 3. The number of carbonyl (C=O) groups is 2. The third-order valence-electron chi connectivity index (χ3n) is 5.30. The maximum absolute atomic E-state index is 14.2. The second-order valence-electron chi connectivity index (χ2n) is 7.35. The van der Waals surface area contributed by atoms with Gasteiger partial charge in [0.05, 0.1) is 20.1 Å². The van der Waals surface area contributed by atoms with Crippen molar-refractivity contribution in [3.05, 3.63) is 40.2 Å². The summed E-state index contributed by atoms with van der Waals surface area (Å²) >= 11 is 0. The number of hydrogen-bond donors (Lipinski definition) is 0. The van der Waals surface area contributed by atoms with E-state index in [-0.39, 0.29) is 17.0 Å². The van der Waals surface area contributed by atoms with Crippen LogP contribution in [0.4, 0.5) is 13.2 Å². The van der Waals surface area contributed by atoms with Gasteiger partial charge >= 0.3 is 11.9 Å². The normalized spacial score (nSPS) is 20.5. The van der Waals surface area contributed by atoms with Gasteiger partial charge in [-0.25, -0.2) is 13.6 Å². The number of allylic oxidation sites excluding steroid dienone is 1. The van der Waals surface area contributed by atoms with E-state index in [1.165, 1.54) is 14.0 Å². The van der Waals surface area contributed by atoms with Crippen LogP contribution in [0.15, 0.2) is 11.6 Å². The lowest BCUT2D eigenvalue weighted by Gasteiger charge is -2.13.